The Balaban J connectivity index is 2.03. The second-order valence-corrected chi connectivity index (χ2v) is 6.60. The van der Waals surface area contributed by atoms with Crippen LogP contribution in [0.4, 0.5) is 5.69 Å². The van der Waals surface area contributed by atoms with Gasteiger partial charge in [0.05, 0.1) is 0 Å². The Hall–Kier alpha value is -3.15. The SMILES string of the molecule is CC(=O)N[C@@H](C(=O)NCc1ccccc1)C(=O)Nc1ccc(C(C)C)cc1. The molecular weight excluding hydrogens is 342 g/mol. The predicted molar refractivity (Wildman–Crippen MR) is 105 cm³/mol. The minimum absolute atomic E-state index is 0.270. The summed E-state index contributed by atoms with van der Waals surface area (Å²) in [7, 11) is 0. The molecule has 142 valence electrons. The van der Waals surface area contributed by atoms with Gasteiger partial charge in [0.2, 0.25) is 5.91 Å². The molecule has 0 saturated carbocycles. The van der Waals surface area contributed by atoms with Crippen molar-refractivity contribution in [3.8, 4) is 0 Å². The van der Waals surface area contributed by atoms with Crippen LogP contribution in [0.25, 0.3) is 0 Å². The van der Waals surface area contributed by atoms with Crippen molar-refractivity contribution < 1.29 is 14.4 Å². The van der Waals surface area contributed by atoms with Crippen molar-refractivity contribution in [2.45, 2.75) is 39.3 Å². The Bertz CT molecular complexity index is 786. The molecule has 3 amide bonds. The third-order valence-corrected chi connectivity index (χ3v) is 4.03. The molecule has 0 unspecified atom stereocenters. The van der Waals surface area contributed by atoms with Gasteiger partial charge in [-0.05, 0) is 29.2 Å². The summed E-state index contributed by atoms with van der Waals surface area (Å²) < 4.78 is 0. The van der Waals surface area contributed by atoms with E-state index in [1.54, 1.807) is 12.1 Å². The van der Waals surface area contributed by atoms with Crippen LogP contribution in [-0.4, -0.2) is 23.8 Å². The van der Waals surface area contributed by atoms with Gasteiger partial charge in [0.15, 0.2) is 6.04 Å². The molecule has 0 radical (unpaired) electrons. The van der Waals surface area contributed by atoms with Gasteiger partial charge >= 0.3 is 0 Å². The number of carbonyl (C=O) groups is 3. The van der Waals surface area contributed by atoms with E-state index in [0.717, 1.165) is 11.1 Å². The molecule has 0 saturated heterocycles. The minimum Gasteiger partial charge on any atom is -0.350 e. The highest BCUT2D eigenvalue weighted by Crippen LogP contribution is 2.17. The number of hydrogen-bond acceptors (Lipinski definition) is 3. The van der Waals surface area contributed by atoms with E-state index in [1.165, 1.54) is 6.92 Å². The summed E-state index contributed by atoms with van der Waals surface area (Å²) in [6.45, 7) is 5.70. The van der Waals surface area contributed by atoms with Crippen molar-refractivity contribution in [3.05, 3.63) is 65.7 Å². The molecule has 6 heteroatoms. The lowest BCUT2D eigenvalue weighted by Crippen LogP contribution is -2.52. The molecule has 2 aromatic rings. The molecule has 0 bridgehead atoms. The van der Waals surface area contributed by atoms with Gasteiger partial charge in [-0.1, -0.05) is 56.3 Å². The van der Waals surface area contributed by atoms with Crippen molar-refractivity contribution in [3.63, 3.8) is 0 Å². The van der Waals surface area contributed by atoms with E-state index >= 15 is 0 Å². The standard InChI is InChI=1S/C21H25N3O3/c1-14(2)17-9-11-18(12-10-17)24-21(27)19(23-15(3)25)20(26)22-13-16-7-5-4-6-8-16/h4-12,14,19H,13H2,1-3H3,(H,22,26)(H,23,25)(H,24,27)/t19-/m0/s1. The van der Waals surface area contributed by atoms with Crippen LogP contribution in [0.3, 0.4) is 0 Å². The largest absolute Gasteiger partial charge is 0.350 e. The molecule has 27 heavy (non-hydrogen) atoms. The third-order valence-electron chi connectivity index (χ3n) is 4.03. The molecule has 0 aliphatic carbocycles. The van der Waals surface area contributed by atoms with Gasteiger partial charge in [-0.2, -0.15) is 0 Å². The first kappa shape index (κ1) is 20.2. The number of rotatable bonds is 7. The van der Waals surface area contributed by atoms with Crippen molar-refractivity contribution >= 4 is 23.4 Å². The monoisotopic (exact) mass is 367 g/mol. The maximum absolute atomic E-state index is 12.5. The maximum atomic E-state index is 12.5. The zero-order chi connectivity index (χ0) is 19.8. The molecule has 0 heterocycles. The molecule has 0 spiro atoms. The summed E-state index contributed by atoms with van der Waals surface area (Å²) in [5.41, 5.74) is 2.61. The molecule has 6 nitrogen and oxygen atoms in total. The topological polar surface area (TPSA) is 87.3 Å². The van der Waals surface area contributed by atoms with Gasteiger partial charge in [0.25, 0.3) is 11.8 Å². The van der Waals surface area contributed by atoms with Crippen molar-refractivity contribution in [2.24, 2.45) is 0 Å². The first-order valence-corrected chi connectivity index (χ1v) is 8.86. The molecule has 0 fully saturated rings. The van der Waals surface area contributed by atoms with E-state index in [-0.39, 0.29) is 6.54 Å². The molecule has 1 atom stereocenters. The van der Waals surface area contributed by atoms with Crippen molar-refractivity contribution in [2.75, 3.05) is 5.32 Å². The second-order valence-electron chi connectivity index (χ2n) is 6.60. The van der Waals surface area contributed by atoms with Gasteiger partial charge in [0.1, 0.15) is 0 Å². The molecule has 0 aromatic heterocycles. The van der Waals surface area contributed by atoms with Gasteiger partial charge in [-0.3, -0.25) is 14.4 Å². The summed E-state index contributed by atoms with van der Waals surface area (Å²) in [4.78, 5) is 36.4. The normalized spacial score (nSPS) is 11.6. The lowest BCUT2D eigenvalue weighted by Gasteiger charge is -2.18. The summed E-state index contributed by atoms with van der Waals surface area (Å²) in [5.74, 6) is -1.23. The summed E-state index contributed by atoms with van der Waals surface area (Å²) in [5, 5.41) is 7.76. The average Bonchev–Trinajstić information content (AvgIpc) is 2.65. The fourth-order valence-corrected chi connectivity index (χ4v) is 2.51. The van der Waals surface area contributed by atoms with Crippen LogP contribution in [0.2, 0.25) is 0 Å². The first-order chi connectivity index (χ1) is 12.9. The fourth-order valence-electron chi connectivity index (χ4n) is 2.51. The smallest absolute Gasteiger partial charge is 0.256 e. The quantitative estimate of drug-likeness (QED) is 0.657. The Morgan fingerprint density at radius 3 is 2.07 bits per heavy atom. The van der Waals surface area contributed by atoms with E-state index in [2.05, 4.69) is 29.8 Å². The second kappa shape index (κ2) is 9.52. The molecule has 2 rings (SSSR count). The Morgan fingerprint density at radius 1 is 0.889 bits per heavy atom. The number of nitrogens with one attached hydrogen (secondary N) is 3. The summed E-state index contributed by atoms with van der Waals surface area (Å²) >= 11 is 0. The Labute approximate surface area is 159 Å². The fraction of sp³-hybridized carbons (Fsp3) is 0.286. The van der Waals surface area contributed by atoms with Crippen LogP contribution in [-0.2, 0) is 20.9 Å². The molecular formula is C21H25N3O3. The average molecular weight is 367 g/mol. The first-order valence-electron chi connectivity index (χ1n) is 8.86. The summed E-state index contributed by atoms with van der Waals surface area (Å²) in [6, 6.07) is 15.4. The maximum Gasteiger partial charge on any atom is 0.256 e. The van der Waals surface area contributed by atoms with Gasteiger partial charge in [-0.25, -0.2) is 0 Å². The number of amides is 3. The van der Waals surface area contributed by atoms with Crippen LogP contribution in [0, 0.1) is 0 Å². The van der Waals surface area contributed by atoms with E-state index < -0.39 is 23.8 Å². The highest BCUT2D eigenvalue weighted by atomic mass is 16.2. The zero-order valence-electron chi connectivity index (χ0n) is 15.8. The Morgan fingerprint density at radius 2 is 1.52 bits per heavy atom. The number of hydrogen-bond donors (Lipinski definition) is 3. The Kier molecular flexibility index (Phi) is 7.11. The van der Waals surface area contributed by atoms with E-state index in [0.29, 0.717) is 11.6 Å². The minimum atomic E-state index is -1.31. The van der Waals surface area contributed by atoms with E-state index in [9.17, 15) is 14.4 Å². The van der Waals surface area contributed by atoms with Gasteiger partial charge in [-0.15, -0.1) is 0 Å². The van der Waals surface area contributed by atoms with Crippen LogP contribution in [0.1, 0.15) is 37.8 Å². The van der Waals surface area contributed by atoms with Crippen LogP contribution >= 0.6 is 0 Å². The highest BCUT2D eigenvalue weighted by molar-refractivity contribution is 6.11. The molecule has 2 aromatic carbocycles. The highest BCUT2D eigenvalue weighted by Gasteiger charge is 2.27. The number of benzene rings is 2. The zero-order valence-corrected chi connectivity index (χ0v) is 15.8. The van der Waals surface area contributed by atoms with Gasteiger partial charge < -0.3 is 16.0 Å². The summed E-state index contributed by atoms with van der Waals surface area (Å²) in [6.07, 6.45) is 0. The molecule has 3 N–H and O–H groups in total. The van der Waals surface area contributed by atoms with Crippen molar-refractivity contribution in [1.82, 2.24) is 10.6 Å². The van der Waals surface area contributed by atoms with Crippen LogP contribution in [0.15, 0.2) is 54.6 Å². The van der Waals surface area contributed by atoms with Crippen molar-refractivity contribution in [1.29, 1.82) is 0 Å². The number of anilines is 1. The lowest BCUT2D eigenvalue weighted by atomic mass is 10.0. The van der Waals surface area contributed by atoms with Gasteiger partial charge in [0, 0.05) is 19.2 Å². The van der Waals surface area contributed by atoms with Crippen LogP contribution < -0.4 is 16.0 Å². The lowest BCUT2D eigenvalue weighted by molar-refractivity contribution is -0.134. The van der Waals surface area contributed by atoms with E-state index in [1.807, 2.05) is 42.5 Å². The third kappa shape index (κ3) is 6.26. The van der Waals surface area contributed by atoms with E-state index in [4.69, 9.17) is 0 Å². The molecule has 0 aliphatic heterocycles. The molecule has 0 aliphatic rings. The number of carbonyl (C=O) groups excluding carboxylic acids is 3. The predicted octanol–water partition coefficient (Wildman–Crippen LogP) is 2.57. The van der Waals surface area contributed by atoms with Crippen LogP contribution in [0.5, 0.6) is 0 Å².